The first-order valence-corrected chi connectivity index (χ1v) is 6.97. The van der Waals surface area contributed by atoms with E-state index in [1.807, 2.05) is 13.0 Å². The lowest BCUT2D eigenvalue weighted by atomic mass is 10.1. The van der Waals surface area contributed by atoms with Crippen LogP contribution in [0.4, 0.5) is 5.82 Å². The average molecular weight is 242 g/mol. The summed E-state index contributed by atoms with van der Waals surface area (Å²) in [6, 6.07) is 1.89. The molecule has 0 saturated heterocycles. The summed E-state index contributed by atoms with van der Waals surface area (Å²) >= 11 is 0. The summed E-state index contributed by atoms with van der Waals surface area (Å²) < 4.78 is 23.3. The van der Waals surface area contributed by atoms with Gasteiger partial charge in [-0.2, -0.15) is 0 Å². The predicted molar refractivity (Wildman–Crippen MR) is 66.0 cm³/mol. The van der Waals surface area contributed by atoms with Crippen molar-refractivity contribution in [1.29, 1.82) is 0 Å². The van der Waals surface area contributed by atoms with Crippen LogP contribution < -0.4 is 5.73 Å². The lowest BCUT2D eigenvalue weighted by Crippen LogP contribution is -2.19. The van der Waals surface area contributed by atoms with Gasteiger partial charge in [-0.3, -0.25) is 0 Å². The third-order valence-corrected chi connectivity index (χ3v) is 4.72. The van der Waals surface area contributed by atoms with Crippen LogP contribution in [0.1, 0.15) is 25.0 Å². The first kappa shape index (κ1) is 13.0. The Kier molecular flexibility index (Phi) is 3.91. The van der Waals surface area contributed by atoms with Gasteiger partial charge in [0, 0.05) is 6.20 Å². The van der Waals surface area contributed by atoms with Crippen LogP contribution in [0.25, 0.3) is 0 Å². The number of pyridine rings is 1. The first-order valence-electron chi connectivity index (χ1n) is 5.25. The minimum Gasteiger partial charge on any atom is -0.383 e. The zero-order valence-electron chi connectivity index (χ0n) is 9.90. The molecule has 1 aromatic rings. The van der Waals surface area contributed by atoms with Gasteiger partial charge in [0.25, 0.3) is 0 Å². The van der Waals surface area contributed by atoms with Crippen molar-refractivity contribution >= 4 is 15.7 Å². The quantitative estimate of drug-likeness (QED) is 0.864. The normalized spacial score (nSPS) is 12.0. The van der Waals surface area contributed by atoms with Crippen molar-refractivity contribution in [3.05, 3.63) is 23.4 Å². The summed E-state index contributed by atoms with van der Waals surface area (Å²) in [6.07, 6.45) is 2.11. The Hall–Kier alpha value is -1.10. The first-order chi connectivity index (χ1) is 7.33. The molecule has 0 spiro atoms. The number of sulfone groups is 1. The van der Waals surface area contributed by atoms with E-state index in [4.69, 9.17) is 5.73 Å². The second-order valence-corrected chi connectivity index (χ2v) is 6.90. The highest BCUT2D eigenvalue weighted by molar-refractivity contribution is 7.91. The molecule has 0 amide bonds. The Morgan fingerprint density at radius 1 is 1.44 bits per heavy atom. The molecule has 0 aliphatic carbocycles. The molecule has 0 bridgehead atoms. The summed E-state index contributed by atoms with van der Waals surface area (Å²) in [5, 5.41) is -0.341. The number of nitrogen functional groups attached to an aromatic ring is 1. The van der Waals surface area contributed by atoms with E-state index in [0.717, 1.165) is 11.1 Å². The highest BCUT2D eigenvalue weighted by Crippen LogP contribution is 2.13. The molecular weight excluding hydrogens is 224 g/mol. The second kappa shape index (κ2) is 4.82. The summed E-state index contributed by atoms with van der Waals surface area (Å²) in [4.78, 5) is 4.01. The van der Waals surface area contributed by atoms with E-state index in [1.54, 1.807) is 20.0 Å². The Bertz CT molecular complexity index is 467. The Labute approximate surface area is 96.8 Å². The smallest absolute Gasteiger partial charge is 0.152 e. The molecule has 0 atom stereocenters. The maximum atomic E-state index is 11.6. The molecule has 0 aromatic carbocycles. The molecule has 2 N–H and O–H groups in total. The topological polar surface area (TPSA) is 73.0 Å². The van der Waals surface area contributed by atoms with Crippen LogP contribution in [0, 0.1) is 6.92 Å². The molecule has 0 saturated carbocycles. The second-order valence-electron chi connectivity index (χ2n) is 4.22. The molecule has 1 aromatic heterocycles. The Balaban J connectivity index is 2.79. The SMILES string of the molecule is Cc1cnc(N)c(CCS(=O)(=O)C(C)C)c1. The van der Waals surface area contributed by atoms with Gasteiger partial charge in [0.2, 0.25) is 0 Å². The minimum absolute atomic E-state index is 0.125. The molecule has 1 rings (SSSR count). The van der Waals surface area contributed by atoms with E-state index >= 15 is 0 Å². The molecule has 1 heterocycles. The number of rotatable bonds is 4. The van der Waals surface area contributed by atoms with E-state index in [1.165, 1.54) is 0 Å². The highest BCUT2D eigenvalue weighted by Gasteiger charge is 2.16. The molecule has 4 nitrogen and oxygen atoms in total. The predicted octanol–water partition coefficient (Wildman–Crippen LogP) is 1.34. The van der Waals surface area contributed by atoms with Crippen molar-refractivity contribution in [3.63, 3.8) is 0 Å². The highest BCUT2D eigenvalue weighted by atomic mass is 32.2. The largest absolute Gasteiger partial charge is 0.383 e. The van der Waals surface area contributed by atoms with E-state index < -0.39 is 9.84 Å². The molecular formula is C11H18N2O2S. The number of nitrogens with two attached hydrogens (primary N) is 1. The van der Waals surface area contributed by atoms with Crippen molar-refractivity contribution in [3.8, 4) is 0 Å². The van der Waals surface area contributed by atoms with Crippen LogP contribution in [-0.2, 0) is 16.3 Å². The molecule has 0 unspecified atom stereocenters. The fraction of sp³-hybridized carbons (Fsp3) is 0.545. The zero-order valence-corrected chi connectivity index (χ0v) is 10.7. The standard InChI is InChI=1S/C11H18N2O2S/c1-8(2)16(14,15)5-4-10-6-9(3)7-13-11(10)12/h6-8H,4-5H2,1-3H3,(H2,12,13). The van der Waals surface area contributed by atoms with Crippen LogP contribution in [0.3, 0.4) is 0 Å². The summed E-state index contributed by atoms with van der Waals surface area (Å²) in [5.74, 6) is 0.546. The average Bonchev–Trinajstić information content (AvgIpc) is 2.19. The van der Waals surface area contributed by atoms with Gasteiger partial charge >= 0.3 is 0 Å². The molecule has 5 heteroatoms. The van der Waals surface area contributed by atoms with Crippen molar-refractivity contribution in [1.82, 2.24) is 4.98 Å². The number of aromatic nitrogens is 1. The molecule has 16 heavy (non-hydrogen) atoms. The van der Waals surface area contributed by atoms with Crippen LogP contribution in [0.2, 0.25) is 0 Å². The van der Waals surface area contributed by atoms with Gasteiger partial charge in [-0.25, -0.2) is 13.4 Å². The van der Waals surface area contributed by atoms with Crippen LogP contribution in [0.5, 0.6) is 0 Å². The number of anilines is 1. The number of aryl methyl sites for hydroxylation is 2. The van der Waals surface area contributed by atoms with Crippen molar-refractivity contribution in [2.75, 3.05) is 11.5 Å². The van der Waals surface area contributed by atoms with Gasteiger partial charge in [-0.1, -0.05) is 6.07 Å². The summed E-state index contributed by atoms with van der Waals surface area (Å²) in [5.41, 5.74) is 7.49. The number of hydrogen-bond acceptors (Lipinski definition) is 4. The van der Waals surface area contributed by atoms with Crippen molar-refractivity contribution < 1.29 is 8.42 Å². The molecule has 0 aliphatic rings. The lowest BCUT2D eigenvalue weighted by molar-refractivity contribution is 0.586. The van der Waals surface area contributed by atoms with Crippen molar-refractivity contribution in [2.45, 2.75) is 32.4 Å². The van der Waals surface area contributed by atoms with E-state index in [-0.39, 0.29) is 11.0 Å². The van der Waals surface area contributed by atoms with Gasteiger partial charge in [-0.05, 0) is 38.3 Å². The minimum atomic E-state index is -3.01. The van der Waals surface area contributed by atoms with Crippen LogP contribution in [0.15, 0.2) is 12.3 Å². The fourth-order valence-electron chi connectivity index (χ4n) is 1.33. The lowest BCUT2D eigenvalue weighted by Gasteiger charge is -2.09. The van der Waals surface area contributed by atoms with Gasteiger partial charge in [0.1, 0.15) is 5.82 Å². The van der Waals surface area contributed by atoms with Crippen molar-refractivity contribution in [2.24, 2.45) is 0 Å². The summed E-state index contributed by atoms with van der Waals surface area (Å²) in [6.45, 7) is 5.28. The fourth-order valence-corrected chi connectivity index (χ4v) is 2.30. The van der Waals surface area contributed by atoms with Gasteiger partial charge in [0.05, 0.1) is 11.0 Å². The van der Waals surface area contributed by atoms with Gasteiger partial charge in [-0.15, -0.1) is 0 Å². The molecule has 0 aliphatic heterocycles. The van der Waals surface area contributed by atoms with Crippen LogP contribution >= 0.6 is 0 Å². The third-order valence-electron chi connectivity index (χ3n) is 2.51. The number of nitrogens with zero attached hydrogens (tertiary/aromatic N) is 1. The van der Waals surface area contributed by atoms with E-state index in [2.05, 4.69) is 4.98 Å². The monoisotopic (exact) mass is 242 g/mol. The maximum Gasteiger partial charge on any atom is 0.152 e. The van der Waals surface area contributed by atoms with Gasteiger partial charge in [0.15, 0.2) is 9.84 Å². The summed E-state index contributed by atoms with van der Waals surface area (Å²) in [7, 11) is -3.01. The Morgan fingerprint density at radius 2 is 2.06 bits per heavy atom. The Morgan fingerprint density at radius 3 is 2.62 bits per heavy atom. The van der Waals surface area contributed by atoms with Gasteiger partial charge < -0.3 is 5.73 Å². The zero-order chi connectivity index (χ0) is 12.3. The van der Waals surface area contributed by atoms with E-state index in [0.29, 0.717) is 12.2 Å². The van der Waals surface area contributed by atoms with E-state index in [9.17, 15) is 8.42 Å². The molecule has 0 radical (unpaired) electrons. The molecule has 0 fully saturated rings. The third kappa shape index (κ3) is 3.20. The molecule has 90 valence electrons. The number of hydrogen-bond donors (Lipinski definition) is 1. The van der Waals surface area contributed by atoms with Crippen LogP contribution in [-0.4, -0.2) is 24.4 Å². The maximum absolute atomic E-state index is 11.6.